The normalized spacial score (nSPS) is 17.1. The van der Waals surface area contributed by atoms with Crippen molar-refractivity contribution in [2.75, 3.05) is 7.11 Å². The third-order valence-corrected chi connectivity index (χ3v) is 6.27. The molecule has 2 N–H and O–H groups in total. The lowest BCUT2D eigenvalue weighted by Crippen LogP contribution is -2.26. The second kappa shape index (κ2) is 10.5. The largest absolute Gasteiger partial charge is 0.496 e. The maximum atomic E-state index is 11.8. The zero-order chi connectivity index (χ0) is 23.3. The molecule has 0 radical (unpaired) electrons. The number of amidine groups is 1. The number of thioether (sulfide) groups is 1. The van der Waals surface area contributed by atoms with Crippen molar-refractivity contribution in [1.29, 1.82) is 0 Å². The Labute approximate surface area is 194 Å². The minimum Gasteiger partial charge on any atom is -0.496 e. The molecule has 32 heavy (non-hydrogen) atoms. The van der Waals surface area contributed by atoms with E-state index in [-0.39, 0.29) is 24.1 Å². The summed E-state index contributed by atoms with van der Waals surface area (Å²) in [7, 11) is 1.59. The quantitative estimate of drug-likeness (QED) is 0.442. The molecule has 0 bridgehead atoms. The molecule has 1 unspecified atom stereocenters. The molecule has 2 aromatic carbocycles. The number of aliphatic carboxylic acids is 1. The number of nitrogens with zero attached hydrogens (tertiary/aromatic N) is 2. The number of amides is 1. The molecule has 1 heterocycles. The van der Waals surface area contributed by atoms with Gasteiger partial charge in [-0.3, -0.25) is 9.59 Å². The van der Waals surface area contributed by atoms with Crippen LogP contribution in [0.3, 0.4) is 0 Å². The zero-order valence-corrected chi connectivity index (χ0v) is 19.3. The molecular weight excluding hydrogens is 454 g/mol. The van der Waals surface area contributed by atoms with Gasteiger partial charge in [0.15, 0.2) is 5.17 Å². The van der Waals surface area contributed by atoms with Crippen molar-refractivity contribution in [3.8, 4) is 11.5 Å². The van der Waals surface area contributed by atoms with E-state index in [0.717, 1.165) is 39.0 Å². The number of rotatable bonds is 8. The van der Waals surface area contributed by atoms with Crippen molar-refractivity contribution >= 4 is 46.6 Å². The minimum absolute atomic E-state index is 0.267. The first-order valence-electron chi connectivity index (χ1n) is 9.63. The molecule has 2 aromatic rings. The highest BCUT2D eigenvalue weighted by Gasteiger charge is 2.32. The van der Waals surface area contributed by atoms with Crippen LogP contribution in [0.4, 0.5) is 0 Å². The number of methoxy groups -OCH3 is 1. The first-order valence-corrected chi connectivity index (χ1v) is 10.9. The van der Waals surface area contributed by atoms with Gasteiger partial charge in [0.2, 0.25) is 5.91 Å². The van der Waals surface area contributed by atoms with E-state index in [9.17, 15) is 9.59 Å². The third-order valence-electron chi connectivity index (χ3n) is 4.60. The predicted octanol–water partition coefficient (Wildman–Crippen LogP) is 3.94. The number of ether oxygens (including phenoxy) is 2. The predicted molar refractivity (Wildman–Crippen MR) is 125 cm³/mol. The second-order valence-electron chi connectivity index (χ2n) is 7.07. The monoisotopic (exact) mass is 475 g/mol. The second-order valence-corrected chi connectivity index (χ2v) is 8.64. The molecule has 1 aliphatic heterocycles. The number of nitrogens with one attached hydrogen (secondary N) is 1. The van der Waals surface area contributed by atoms with Crippen LogP contribution in [0.2, 0.25) is 5.02 Å². The molecular formula is C22H22ClN3O5S. The highest BCUT2D eigenvalue weighted by molar-refractivity contribution is 8.15. The van der Waals surface area contributed by atoms with Gasteiger partial charge in [0.05, 0.1) is 19.7 Å². The van der Waals surface area contributed by atoms with E-state index in [4.69, 9.17) is 26.2 Å². The molecule has 3 rings (SSSR count). The van der Waals surface area contributed by atoms with E-state index in [1.807, 2.05) is 38.1 Å². The standard InChI is InChI=1S/C22H22ClN3O5S/c1-12-6-16(7-13(2)20(12)23)31-11-15-8-14(4-5-17(15)30-3)10-24-26-22-25-21(29)18(32-22)9-19(27)28/h4-8,10,18H,9,11H2,1-3H3,(H,27,28)(H,25,26,29). The van der Waals surface area contributed by atoms with Gasteiger partial charge in [-0.15, -0.1) is 5.10 Å². The van der Waals surface area contributed by atoms with Gasteiger partial charge in [0, 0.05) is 10.6 Å². The molecule has 1 atom stereocenters. The number of hydrogen-bond donors (Lipinski definition) is 2. The summed E-state index contributed by atoms with van der Waals surface area (Å²) in [5.74, 6) is -0.0463. The Morgan fingerprint density at radius 2 is 2.00 bits per heavy atom. The first-order chi connectivity index (χ1) is 15.3. The summed E-state index contributed by atoms with van der Waals surface area (Å²) in [6.07, 6.45) is 1.26. The summed E-state index contributed by atoms with van der Waals surface area (Å²) in [6, 6.07) is 9.26. The van der Waals surface area contributed by atoms with E-state index < -0.39 is 11.2 Å². The number of carboxylic acid groups (broad SMARTS) is 1. The van der Waals surface area contributed by atoms with Crippen molar-refractivity contribution in [1.82, 2.24) is 5.32 Å². The van der Waals surface area contributed by atoms with Crippen LogP contribution in [0.5, 0.6) is 11.5 Å². The van der Waals surface area contributed by atoms with Gasteiger partial charge >= 0.3 is 5.97 Å². The Hall–Kier alpha value is -3.04. The van der Waals surface area contributed by atoms with E-state index in [1.165, 1.54) is 6.21 Å². The summed E-state index contributed by atoms with van der Waals surface area (Å²) in [5, 5.41) is 19.6. The lowest BCUT2D eigenvalue weighted by Gasteiger charge is -2.13. The molecule has 1 amide bonds. The van der Waals surface area contributed by atoms with Gasteiger partial charge < -0.3 is 19.9 Å². The summed E-state index contributed by atoms with van der Waals surface area (Å²) in [5.41, 5.74) is 3.46. The van der Waals surface area contributed by atoms with E-state index >= 15 is 0 Å². The molecule has 0 spiro atoms. The fraction of sp³-hybridized carbons (Fsp3) is 0.273. The Kier molecular flexibility index (Phi) is 7.76. The summed E-state index contributed by atoms with van der Waals surface area (Å²) in [4.78, 5) is 22.5. The topological polar surface area (TPSA) is 110 Å². The molecule has 0 aromatic heterocycles. The average Bonchev–Trinajstić information content (AvgIpc) is 3.08. The molecule has 1 fully saturated rings. The lowest BCUT2D eigenvalue weighted by molar-refractivity contribution is -0.138. The van der Waals surface area contributed by atoms with Crippen LogP contribution in [0.1, 0.15) is 28.7 Å². The van der Waals surface area contributed by atoms with Crippen molar-refractivity contribution in [2.45, 2.75) is 32.1 Å². The summed E-state index contributed by atoms with van der Waals surface area (Å²) in [6.45, 7) is 4.13. The van der Waals surface area contributed by atoms with Gasteiger partial charge in [-0.25, -0.2) is 0 Å². The molecule has 10 heteroatoms. The van der Waals surface area contributed by atoms with Gasteiger partial charge in [0.25, 0.3) is 0 Å². The zero-order valence-electron chi connectivity index (χ0n) is 17.7. The number of carboxylic acids is 1. The molecule has 1 saturated heterocycles. The fourth-order valence-corrected chi connectivity index (χ4v) is 4.06. The van der Waals surface area contributed by atoms with Gasteiger partial charge in [-0.2, -0.15) is 5.10 Å². The lowest BCUT2D eigenvalue weighted by atomic mass is 10.1. The van der Waals surface area contributed by atoms with Crippen LogP contribution in [-0.2, 0) is 16.2 Å². The highest BCUT2D eigenvalue weighted by atomic mass is 35.5. The Bertz CT molecular complexity index is 1080. The van der Waals surface area contributed by atoms with E-state index in [0.29, 0.717) is 11.5 Å². The SMILES string of the molecule is COc1ccc(C=NN=C2NC(=O)C(CC(=O)O)S2)cc1COc1cc(C)c(Cl)c(C)c1. The van der Waals surface area contributed by atoms with Crippen molar-refractivity contribution in [3.63, 3.8) is 0 Å². The molecule has 0 aliphatic carbocycles. The van der Waals surface area contributed by atoms with Crippen molar-refractivity contribution < 1.29 is 24.2 Å². The van der Waals surface area contributed by atoms with Gasteiger partial charge in [-0.05, 0) is 60.9 Å². The van der Waals surface area contributed by atoms with Crippen LogP contribution >= 0.6 is 23.4 Å². The van der Waals surface area contributed by atoms with Gasteiger partial charge in [0.1, 0.15) is 23.4 Å². The molecule has 0 saturated carbocycles. The number of carbonyl (C=O) groups is 2. The van der Waals surface area contributed by atoms with Crippen LogP contribution in [0, 0.1) is 13.8 Å². The smallest absolute Gasteiger partial charge is 0.305 e. The van der Waals surface area contributed by atoms with Crippen LogP contribution in [0.15, 0.2) is 40.5 Å². The fourth-order valence-electron chi connectivity index (χ4n) is 3.04. The molecule has 8 nitrogen and oxygen atoms in total. The number of carbonyl (C=O) groups excluding carboxylic acids is 1. The number of aryl methyl sites for hydroxylation is 2. The Morgan fingerprint density at radius 3 is 2.66 bits per heavy atom. The van der Waals surface area contributed by atoms with Crippen LogP contribution < -0.4 is 14.8 Å². The first kappa shape index (κ1) is 23.6. The maximum Gasteiger partial charge on any atom is 0.305 e. The number of hydrogen-bond acceptors (Lipinski definition) is 7. The van der Waals surface area contributed by atoms with Crippen molar-refractivity contribution in [2.24, 2.45) is 10.2 Å². The van der Waals surface area contributed by atoms with Crippen LogP contribution in [-0.4, -0.2) is 40.7 Å². The van der Waals surface area contributed by atoms with E-state index in [1.54, 1.807) is 13.2 Å². The highest BCUT2D eigenvalue weighted by Crippen LogP contribution is 2.28. The van der Waals surface area contributed by atoms with Crippen LogP contribution in [0.25, 0.3) is 0 Å². The number of benzene rings is 2. The van der Waals surface area contributed by atoms with Gasteiger partial charge in [-0.1, -0.05) is 23.4 Å². The summed E-state index contributed by atoms with van der Waals surface area (Å²) < 4.78 is 11.4. The van der Waals surface area contributed by atoms with Crippen molar-refractivity contribution in [3.05, 3.63) is 57.6 Å². The average molecular weight is 476 g/mol. The third kappa shape index (κ3) is 6.02. The Morgan fingerprint density at radius 1 is 1.28 bits per heavy atom. The summed E-state index contributed by atoms with van der Waals surface area (Å²) >= 11 is 7.26. The minimum atomic E-state index is -1.04. The Balaban J connectivity index is 1.69. The molecule has 168 valence electrons. The van der Waals surface area contributed by atoms with E-state index in [2.05, 4.69) is 15.5 Å². The number of halogens is 1. The molecule has 1 aliphatic rings. The maximum absolute atomic E-state index is 11.8.